The molecule has 1 N–H and O–H groups in total. The van der Waals surface area contributed by atoms with Gasteiger partial charge in [-0.1, -0.05) is 20.8 Å². The summed E-state index contributed by atoms with van der Waals surface area (Å²) in [6.07, 6.45) is 1.89. The van der Waals surface area contributed by atoms with Gasteiger partial charge in [0.25, 0.3) is 5.91 Å². The fraction of sp³-hybridized carbons (Fsp3) is 0.467. The second-order valence-corrected chi connectivity index (χ2v) is 6.93. The molecule has 0 saturated carbocycles. The molecule has 1 amide bonds. The van der Waals surface area contributed by atoms with E-state index in [0.29, 0.717) is 6.54 Å². The molecule has 0 spiro atoms. The lowest BCUT2D eigenvalue weighted by Crippen LogP contribution is -2.23. The Morgan fingerprint density at radius 1 is 1.45 bits per heavy atom. The lowest BCUT2D eigenvalue weighted by Gasteiger charge is -2.14. The Morgan fingerprint density at radius 2 is 2.15 bits per heavy atom. The van der Waals surface area contributed by atoms with Gasteiger partial charge in [-0.25, -0.2) is 4.98 Å². The van der Waals surface area contributed by atoms with Crippen LogP contribution >= 0.6 is 11.3 Å². The molecule has 0 aromatic carbocycles. The Hall–Kier alpha value is -1.62. The topological polar surface area (TPSA) is 46.9 Å². The molecule has 2 rings (SSSR count). The van der Waals surface area contributed by atoms with E-state index in [1.54, 1.807) is 11.3 Å². The summed E-state index contributed by atoms with van der Waals surface area (Å²) in [6.45, 7) is 8.83. The molecule has 4 nitrogen and oxygen atoms in total. The van der Waals surface area contributed by atoms with E-state index in [1.807, 2.05) is 30.8 Å². The van der Waals surface area contributed by atoms with Crippen LogP contribution in [0.1, 0.15) is 47.5 Å². The van der Waals surface area contributed by atoms with Crippen LogP contribution < -0.4 is 5.32 Å². The summed E-state index contributed by atoms with van der Waals surface area (Å²) in [5, 5.41) is 5.94. The second-order valence-electron chi connectivity index (χ2n) is 5.98. The Balaban J connectivity index is 2.00. The van der Waals surface area contributed by atoms with Crippen LogP contribution in [0.15, 0.2) is 17.6 Å². The van der Waals surface area contributed by atoms with Gasteiger partial charge in [-0.2, -0.15) is 0 Å². The number of carbonyl (C=O) groups is 1. The van der Waals surface area contributed by atoms with Crippen LogP contribution in [0.25, 0.3) is 0 Å². The van der Waals surface area contributed by atoms with Crippen LogP contribution in [0, 0.1) is 6.92 Å². The van der Waals surface area contributed by atoms with Crippen molar-refractivity contribution in [2.45, 2.75) is 39.7 Å². The van der Waals surface area contributed by atoms with Crippen LogP contribution in [0.5, 0.6) is 0 Å². The van der Waals surface area contributed by atoms with Gasteiger partial charge in [-0.3, -0.25) is 4.79 Å². The van der Waals surface area contributed by atoms with Crippen molar-refractivity contribution >= 4 is 17.2 Å². The molecule has 0 radical (unpaired) electrons. The van der Waals surface area contributed by atoms with E-state index in [-0.39, 0.29) is 11.3 Å². The summed E-state index contributed by atoms with van der Waals surface area (Å²) in [5.41, 5.74) is 2.81. The molecule has 0 aliphatic carbocycles. The standard InChI is InChI=1S/C15H21N3OS/c1-10-11(6-7-18(10)5)14(19)16-8-13-17-12(9-20-13)15(2,3)4/h6-7,9H,8H2,1-5H3,(H,16,19). The molecule has 2 heterocycles. The number of amides is 1. The van der Waals surface area contributed by atoms with Gasteiger partial charge in [0.15, 0.2) is 0 Å². The highest BCUT2D eigenvalue weighted by Crippen LogP contribution is 2.23. The van der Waals surface area contributed by atoms with Gasteiger partial charge < -0.3 is 9.88 Å². The molecule has 5 heteroatoms. The van der Waals surface area contributed by atoms with E-state index in [2.05, 4.69) is 36.5 Å². The van der Waals surface area contributed by atoms with E-state index in [1.165, 1.54) is 0 Å². The van der Waals surface area contributed by atoms with E-state index in [4.69, 9.17) is 0 Å². The van der Waals surface area contributed by atoms with E-state index in [9.17, 15) is 4.79 Å². The maximum Gasteiger partial charge on any atom is 0.253 e. The minimum Gasteiger partial charge on any atom is -0.354 e. The SMILES string of the molecule is Cc1c(C(=O)NCc2nc(C(C)(C)C)cs2)ccn1C. The maximum atomic E-state index is 12.1. The molecular formula is C15H21N3OS. The molecule has 0 unspecified atom stereocenters. The number of aryl methyl sites for hydroxylation is 1. The maximum absolute atomic E-state index is 12.1. The quantitative estimate of drug-likeness (QED) is 0.945. The number of hydrogen-bond donors (Lipinski definition) is 1. The summed E-state index contributed by atoms with van der Waals surface area (Å²) in [5.74, 6) is -0.0457. The van der Waals surface area contributed by atoms with Crippen LogP contribution in [0.3, 0.4) is 0 Å². The Labute approximate surface area is 123 Å². The summed E-state index contributed by atoms with van der Waals surface area (Å²) in [4.78, 5) is 16.7. The lowest BCUT2D eigenvalue weighted by atomic mass is 9.93. The van der Waals surface area contributed by atoms with Gasteiger partial charge in [0.05, 0.1) is 17.8 Å². The van der Waals surface area contributed by atoms with Gasteiger partial charge in [-0.05, 0) is 13.0 Å². The average molecular weight is 291 g/mol. The third kappa shape index (κ3) is 3.10. The number of nitrogens with one attached hydrogen (secondary N) is 1. The monoisotopic (exact) mass is 291 g/mol. The molecule has 0 fully saturated rings. The van der Waals surface area contributed by atoms with Crippen molar-refractivity contribution in [3.8, 4) is 0 Å². The third-order valence-corrected chi connectivity index (χ3v) is 4.20. The van der Waals surface area contributed by atoms with E-state index < -0.39 is 0 Å². The number of nitrogens with zero attached hydrogens (tertiary/aromatic N) is 2. The van der Waals surface area contributed by atoms with Gasteiger partial charge in [0.2, 0.25) is 0 Å². The van der Waals surface area contributed by atoms with E-state index >= 15 is 0 Å². The van der Waals surface area contributed by atoms with Crippen LogP contribution in [0.4, 0.5) is 0 Å². The van der Waals surface area contributed by atoms with Crippen molar-refractivity contribution in [2.24, 2.45) is 7.05 Å². The first kappa shape index (κ1) is 14.8. The Morgan fingerprint density at radius 3 is 2.65 bits per heavy atom. The minimum absolute atomic E-state index is 0.0457. The third-order valence-electron chi connectivity index (χ3n) is 3.35. The summed E-state index contributed by atoms with van der Waals surface area (Å²) in [7, 11) is 1.93. The van der Waals surface area contributed by atoms with Gasteiger partial charge in [-0.15, -0.1) is 11.3 Å². The zero-order valence-corrected chi connectivity index (χ0v) is 13.5. The van der Waals surface area contributed by atoms with Gasteiger partial charge in [0, 0.05) is 29.7 Å². The Bertz CT molecular complexity index is 619. The van der Waals surface area contributed by atoms with Crippen molar-refractivity contribution in [1.29, 1.82) is 0 Å². The van der Waals surface area contributed by atoms with Crippen molar-refractivity contribution in [3.63, 3.8) is 0 Å². The van der Waals surface area contributed by atoms with Crippen LogP contribution in [0.2, 0.25) is 0 Å². The van der Waals surface area contributed by atoms with Gasteiger partial charge >= 0.3 is 0 Å². The van der Waals surface area contributed by atoms with Crippen molar-refractivity contribution < 1.29 is 4.79 Å². The first-order chi connectivity index (χ1) is 9.29. The molecular weight excluding hydrogens is 270 g/mol. The molecule has 20 heavy (non-hydrogen) atoms. The number of thiazole rings is 1. The highest BCUT2D eigenvalue weighted by Gasteiger charge is 2.18. The largest absolute Gasteiger partial charge is 0.354 e. The predicted octanol–water partition coefficient (Wildman–Crippen LogP) is 3.02. The highest BCUT2D eigenvalue weighted by molar-refractivity contribution is 7.09. The predicted molar refractivity (Wildman–Crippen MR) is 82.1 cm³/mol. The number of hydrogen-bond acceptors (Lipinski definition) is 3. The molecule has 0 bridgehead atoms. The highest BCUT2D eigenvalue weighted by atomic mass is 32.1. The zero-order valence-electron chi connectivity index (χ0n) is 12.7. The van der Waals surface area contributed by atoms with Crippen molar-refractivity contribution in [3.05, 3.63) is 39.6 Å². The minimum atomic E-state index is -0.0457. The molecule has 0 aliphatic rings. The molecule has 108 valence electrons. The number of carbonyl (C=O) groups excluding carboxylic acids is 1. The lowest BCUT2D eigenvalue weighted by molar-refractivity contribution is 0.0950. The zero-order chi connectivity index (χ0) is 14.9. The first-order valence-electron chi connectivity index (χ1n) is 6.64. The fourth-order valence-electron chi connectivity index (χ4n) is 1.84. The normalized spacial score (nSPS) is 11.7. The summed E-state index contributed by atoms with van der Waals surface area (Å²) < 4.78 is 1.94. The molecule has 0 saturated heterocycles. The number of rotatable bonds is 3. The molecule has 0 atom stereocenters. The van der Waals surface area contributed by atoms with Crippen LogP contribution in [-0.2, 0) is 19.0 Å². The smallest absolute Gasteiger partial charge is 0.253 e. The summed E-state index contributed by atoms with van der Waals surface area (Å²) in [6, 6.07) is 1.84. The van der Waals surface area contributed by atoms with Crippen molar-refractivity contribution in [2.75, 3.05) is 0 Å². The Kier molecular flexibility index (Phi) is 3.99. The average Bonchev–Trinajstić information content (AvgIpc) is 2.95. The number of aromatic nitrogens is 2. The molecule has 2 aromatic rings. The van der Waals surface area contributed by atoms with Crippen LogP contribution in [-0.4, -0.2) is 15.5 Å². The van der Waals surface area contributed by atoms with Gasteiger partial charge in [0.1, 0.15) is 5.01 Å². The molecule has 2 aromatic heterocycles. The fourth-order valence-corrected chi connectivity index (χ4v) is 2.80. The summed E-state index contributed by atoms with van der Waals surface area (Å²) >= 11 is 1.59. The second kappa shape index (κ2) is 5.40. The molecule has 0 aliphatic heterocycles. The first-order valence-corrected chi connectivity index (χ1v) is 7.52. The van der Waals surface area contributed by atoms with E-state index in [0.717, 1.165) is 22.0 Å². The van der Waals surface area contributed by atoms with Crippen molar-refractivity contribution in [1.82, 2.24) is 14.9 Å².